The van der Waals surface area contributed by atoms with Gasteiger partial charge in [-0.05, 0) is 43.2 Å². The highest BCUT2D eigenvalue weighted by Crippen LogP contribution is 2.26. The molecule has 0 amide bonds. The number of aliphatic imine (C=N–C) groups is 1. The molecular weight excluding hydrogens is 457 g/mol. The van der Waals surface area contributed by atoms with Crippen molar-refractivity contribution in [3.05, 3.63) is 34.9 Å². The molecular formula is C17H27ClIN3OS. The molecule has 0 heterocycles. The van der Waals surface area contributed by atoms with Crippen molar-refractivity contribution >= 4 is 53.3 Å². The van der Waals surface area contributed by atoms with Crippen molar-refractivity contribution in [1.82, 2.24) is 10.6 Å². The first-order chi connectivity index (χ1) is 11.1. The predicted octanol–water partition coefficient (Wildman–Crippen LogP) is 3.83. The summed E-state index contributed by atoms with van der Waals surface area (Å²) in [6.07, 6.45) is 6.47. The van der Waals surface area contributed by atoms with Crippen LogP contribution in [0, 0.1) is 0 Å². The van der Waals surface area contributed by atoms with Crippen molar-refractivity contribution in [2.45, 2.75) is 43.1 Å². The molecule has 1 aromatic rings. The molecule has 0 radical (unpaired) electrons. The van der Waals surface area contributed by atoms with Gasteiger partial charge in [-0.1, -0.05) is 30.2 Å². The van der Waals surface area contributed by atoms with E-state index >= 15 is 0 Å². The van der Waals surface area contributed by atoms with Crippen molar-refractivity contribution in [2.24, 2.45) is 4.99 Å². The van der Waals surface area contributed by atoms with E-state index in [0.717, 1.165) is 16.8 Å². The highest BCUT2D eigenvalue weighted by Gasteiger charge is 2.22. The Hall–Kier alpha value is -0.180. The van der Waals surface area contributed by atoms with Gasteiger partial charge in [0.25, 0.3) is 0 Å². The molecule has 1 fully saturated rings. The monoisotopic (exact) mass is 483 g/mol. The van der Waals surface area contributed by atoms with Gasteiger partial charge in [0.2, 0.25) is 0 Å². The summed E-state index contributed by atoms with van der Waals surface area (Å²) in [5, 5.41) is 18.3. The summed E-state index contributed by atoms with van der Waals surface area (Å²) in [7, 11) is 1.76. The number of nitrogens with one attached hydrogen (secondary N) is 2. The van der Waals surface area contributed by atoms with Crippen molar-refractivity contribution < 1.29 is 5.11 Å². The second-order valence-electron chi connectivity index (χ2n) is 5.89. The Bertz CT molecular complexity index is 532. The maximum Gasteiger partial charge on any atom is 0.191 e. The molecule has 0 spiro atoms. The number of rotatable bonds is 5. The lowest BCUT2D eigenvalue weighted by molar-refractivity contribution is 0.180. The first-order valence-electron chi connectivity index (χ1n) is 8.06. The molecule has 7 heteroatoms. The van der Waals surface area contributed by atoms with Crippen LogP contribution in [-0.4, -0.2) is 42.2 Å². The maximum absolute atomic E-state index is 10.3. The molecule has 24 heavy (non-hydrogen) atoms. The Balaban J connectivity index is 0.00000288. The Morgan fingerprint density at radius 1 is 1.46 bits per heavy atom. The molecule has 0 aliphatic heterocycles. The van der Waals surface area contributed by atoms with Crippen LogP contribution in [0.4, 0.5) is 0 Å². The van der Waals surface area contributed by atoms with E-state index in [1.165, 1.54) is 25.7 Å². The van der Waals surface area contributed by atoms with Crippen LogP contribution in [0.25, 0.3) is 0 Å². The van der Waals surface area contributed by atoms with E-state index in [2.05, 4.69) is 21.9 Å². The number of benzene rings is 1. The summed E-state index contributed by atoms with van der Waals surface area (Å²) < 4.78 is 0. The summed E-state index contributed by atoms with van der Waals surface area (Å²) in [5.74, 6) is 0.748. The summed E-state index contributed by atoms with van der Waals surface area (Å²) >= 11 is 7.91. The van der Waals surface area contributed by atoms with Crippen LogP contribution >= 0.6 is 47.3 Å². The van der Waals surface area contributed by atoms with E-state index in [1.807, 2.05) is 23.9 Å². The Morgan fingerprint density at radius 2 is 2.25 bits per heavy atom. The third kappa shape index (κ3) is 6.98. The fraction of sp³-hybridized carbons (Fsp3) is 0.588. The predicted molar refractivity (Wildman–Crippen MR) is 116 cm³/mol. The van der Waals surface area contributed by atoms with E-state index < -0.39 is 6.10 Å². The topological polar surface area (TPSA) is 56.7 Å². The molecule has 0 saturated heterocycles. The second-order valence-corrected chi connectivity index (χ2v) is 7.46. The molecule has 4 nitrogen and oxygen atoms in total. The first kappa shape index (κ1) is 21.9. The van der Waals surface area contributed by atoms with Gasteiger partial charge in [0.1, 0.15) is 0 Å². The standard InChI is InChI=1S/C17H26ClN3OS.HI/c1-19-17(21-14-7-4-8-15(10-14)23-2)20-11-16(22)12-5-3-6-13(18)9-12;/h3,5-6,9,14-16,22H,4,7-8,10-11H2,1-2H3,(H2,19,20,21);1H. The number of thioether (sulfide) groups is 1. The smallest absolute Gasteiger partial charge is 0.191 e. The number of hydrogen-bond acceptors (Lipinski definition) is 3. The molecule has 1 aliphatic carbocycles. The highest BCUT2D eigenvalue weighted by atomic mass is 127. The number of halogens is 2. The van der Waals surface area contributed by atoms with Gasteiger partial charge in [0, 0.05) is 29.9 Å². The van der Waals surface area contributed by atoms with Crippen molar-refractivity contribution in [3.8, 4) is 0 Å². The summed E-state index contributed by atoms with van der Waals surface area (Å²) in [6, 6.07) is 7.76. The minimum Gasteiger partial charge on any atom is -0.387 e. The number of aliphatic hydroxyl groups is 1. The number of hydrogen-bond donors (Lipinski definition) is 3. The van der Waals surface area contributed by atoms with E-state index in [4.69, 9.17) is 11.6 Å². The molecule has 3 N–H and O–H groups in total. The average molecular weight is 484 g/mol. The minimum atomic E-state index is -0.613. The van der Waals surface area contributed by atoms with Crippen LogP contribution < -0.4 is 10.6 Å². The zero-order valence-electron chi connectivity index (χ0n) is 14.2. The maximum atomic E-state index is 10.3. The fourth-order valence-corrected chi connectivity index (χ4v) is 3.93. The van der Waals surface area contributed by atoms with Gasteiger partial charge >= 0.3 is 0 Å². The van der Waals surface area contributed by atoms with Crippen LogP contribution in [0.15, 0.2) is 29.3 Å². The quantitative estimate of drug-likeness (QED) is 0.338. The summed E-state index contributed by atoms with van der Waals surface area (Å²) in [4.78, 5) is 4.27. The van der Waals surface area contributed by atoms with Gasteiger partial charge in [-0.25, -0.2) is 0 Å². The molecule has 1 aromatic carbocycles. The number of guanidine groups is 1. The van der Waals surface area contributed by atoms with Crippen molar-refractivity contribution in [2.75, 3.05) is 19.8 Å². The Morgan fingerprint density at radius 3 is 2.92 bits per heavy atom. The zero-order chi connectivity index (χ0) is 16.7. The van der Waals surface area contributed by atoms with Crippen LogP contribution in [0.2, 0.25) is 5.02 Å². The third-order valence-electron chi connectivity index (χ3n) is 4.22. The van der Waals surface area contributed by atoms with Gasteiger partial charge < -0.3 is 15.7 Å². The molecule has 1 saturated carbocycles. The lowest BCUT2D eigenvalue weighted by Gasteiger charge is -2.30. The van der Waals surface area contributed by atoms with Gasteiger partial charge in [-0.15, -0.1) is 24.0 Å². The normalized spacial score (nSPS) is 22.4. The average Bonchev–Trinajstić information content (AvgIpc) is 2.58. The molecule has 0 aromatic heterocycles. The van der Waals surface area contributed by atoms with E-state index in [1.54, 1.807) is 19.2 Å². The van der Waals surface area contributed by atoms with Crippen molar-refractivity contribution in [1.29, 1.82) is 0 Å². The van der Waals surface area contributed by atoms with Crippen LogP contribution in [0.3, 0.4) is 0 Å². The Kier molecular flexibility index (Phi) is 10.4. The van der Waals surface area contributed by atoms with E-state index in [0.29, 0.717) is 17.6 Å². The van der Waals surface area contributed by atoms with Crippen molar-refractivity contribution in [3.63, 3.8) is 0 Å². The lowest BCUT2D eigenvalue weighted by atomic mass is 9.95. The zero-order valence-corrected chi connectivity index (χ0v) is 18.1. The SMILES string of the molecule is CN=C(NCC(O)c1cccc(Cl)c1)NC1CCCC(SC)C1.I. The van der Waals surface area contributed by atoms with Gasteiger partial charge in [-0.2, -0.15) is 11.8 Å². The molecule has 0 bridgehead atoms. The van der Waals surface area contributed by atoms with Gasteiger partial charge in [-0.3, -0.25) is 4.99 Å². The second kappa shape index (κ2) is 11.4. The van der Waals surface area contributed by atoms with E-state index in [-0.39, 0.29) is 24.0 Å². The fourth-order valence-electron chi connectivity index (χ4n) is 2.90. The number of aliphatic hydroxyl groups excluding tert-OH is 1. The Labute approximate surface area is 171 Å². The van der Waals surface area contributed by atoms with Crippen LogP contribution in [0.5, 0.6) is 0 Å². The molecule has 1 aliphatic rings. The van der Waals surface area contributed by atoms with Crippen LogP contribution in [-0.2, 0) is 0 Å². The summed E-state index contributed by atoms with van der Waals surface area (Å²) in [6.45, 7) is 0.401. The van der Waals surface area contributed by atoms with Gasteiger partial charge in [0.05, 0.1) is 6.10 Å². The number of nitrogens with zero attached hydrogens (tertiary/aromatic N) is 1. The first-order valence-corrected chi connectivity index (χ1v) is 9.72. The molecule has 136 valence electrons. The van der Waals surface area contributed by atoms with Gasteiger partial charge in [0.15, 0.2) is 5.96 Å². The molecule has 2 rings (SSSR count). The largest absolute Gasteiger partial charge is 0.387 e. The van der Waals surface area contributed by atoms with Crippen LogP contribution in [0.1, 0.15) is 37.4 Å². The lowest BCUT2D eigenvalue weighted by Crippen LogP contribution is -2.46. The highest BCUT2D eigenvalue weighted by molar-refractivity contribution is 14.0. The summed E-state index contributed by atoms with van der Waals surface area (Å²) in [5.41, 5.74) is 0.806. The third-order valence-corrected chi connectivity index (χ3v) is 5.55. The van der Waals surface area contributed by atoms with E-state index in [9.17, 15) is 5.11 Å². The minimum absolute atomic E-state index is 0. The molecule has 3 atom stereocenters. The molecule has 3 unspecified atom stereocenters.